The third kappa shape index (κ3) is 6.24. The van der Waals surface area contributed by atoms with Crippen LogP contribution in [0.2, 0.25) is 0 Å². The van der Waals surface area contributed by atoms with Gasteiger partial charge in [-0.3, -0.25) is 4.79 Å². The Morgan fingerprint density at radius 1 is 1.22 bits per heavy atom. The van der Waals surface area contributed by atoms with Gasteiger partial charge in [0.05, 0.1) is 16.4 Å². The minimum Gasteiger partial charge on any atom is -0.357 e. The molecule has 6 nitrogen and oxygen atoms in total. The van der Waals surface area contributed by atoms with E-state index in [9.17, 15) is 18.0 Å². The third-order valence-electron chi connectivity index (χ3n) is 3.37. The number of anilines is 1. The molecule has 146 valence electrons. The van der Waals surface area contributed by atoms with Gasteiger partial charge >= 0.3 is 0 Å². The van der Waals surface area contributed by atoms with Gasteiger partial charge in [-0.1, -0.05) is 0 Å². The summed E-state index contributed by atoms with van der Waals surface area (Å²) >= 11 is 1.57. The van der Waals surface area contributed by atoms with Gasteiger partial charge in [-0.2, -0.15) is 0 Å². The summed E-state index contributed by atoms with van der Waals surface area (Å²) in [6.45, 7) is 4.64. The van der Waals surface area contributed by atoms with E-state index in [1.165, 1.54) is 0 Å². The van der Waals surface area contributed by atoms with Gasteiger partial charge in [0.2, 0.25) is 5.91 Å². The fourth-order valence-electron chi connectivity index (χ4n) is 2.14. The first kappa shape index (κ1) is 20.7. The second kappa shape index (κ2) is 9.91. The zero-order valence-electron chi connectivity index (χ0n) is 14.9. The molecule has 0 saturated carbocycles. The van der Waals surface area contributed by atoms with Crippen molar-refractivity contribution in [1.82, 2.24) is 15.6 Å². The Morgan fingerprint density at radius 3 is 2.67 bits per heavy atom. The molecule has 0 fully saturated rings. The van der Waals surface area contributed by atoms with E-state index in [0.29, 0.717) is 25.5 Å². The maximum absolute atomic E-state index is 13.6. The van der Waals surface area contributed by atoms with E-state index in [2.05, 4.69) is 25.9 Å². The summed E-state index contributed by atoms with van der Waals surface area (Å²) in [5, 5.41) is 11.2. The summed E-state index contributed by atoms with van der Waals surface area (Å²) in [7, 11) is 0. The number of aliphatic imine (C=N–C) groups is 1. The highest BCUT2D eigenvalue weighted by atomic mass is 32.1. The highest BCUT2D eigenvalue weighted by Crippen LogP contribution is 2.19. The van der Waals surface area contributed by atoms with E-state index in [1.807, 2.05) is 19.2 Å². The topological polar surface area (TPSA) is 78.4 Å². The first-order chi connectivity index (χ1) is 12.9. The molecular formula is C17H20F3N5OS. The van der Waals surface area contributed by atoms with Gasteiger partial charge in [0, 0.05) is 24.9 Å². The maximum Gasteiger partial charge on any atom is 0.246 e. The van der Waals surface area contributed by atoms with Gasteiger partial charge in [-0.05, 0) is 26.0 Å². The molecule has 0 atom stereocenters. The molecule has 0 saturated heterocycles. The number of halogens is 3. The third-order valence-corrected chi connectivity index (χ3v) is 4.20. The lowest BCUT2D eigenvalue weighted by atomic mass is 10.3. The van der Waals surface area contributed by atoms with Crippen LogP contribution < -0.4 is 16.0 Å². The van der Waals surface area contributed by atoms with Crippen molar-refractivity contribution < 1.29 is 18.0 Å². The molecule has 0 radical (unpaired) electrons. The molecule has 0 bridgehead atoms. The molecule has 0 aliphatic rings. The predicted octanol–water partition coefficient (Wildman–Crippen LogP) is 2.61. The number of nitrogens with zero attached hydrogens (tertiary/aromatic N) is 2. The largest absolute Gasteiger partial charge is 0.357 e. The number of rotatable bonds is 7. The van der Waals surface area contributed by atoms with Gasteiger partial charge in [0.25, 0.3) is 0 Å². The fraction of sp³-hybridized carbons (Fsp3) is 0.353. The molecule has 10 heteroatoms. The molecule has 1 amide bonds. The molecule has 1 heterocycles. The molecule has 0 aliphatic carbocycles. The van der Waals surface area contributed by atoms with Crippen LogP contribution in [0.1, 0.15) is 17.6 Å². The highest BCUT2D eigenvalue weighted by Gasteiger charge is 2.15. The molecule has 1 aromatic carbocycles. The fourth-order valence-corrected chi connectivity index (χ4v) is 2.78. The molecule has 1 aromatic heterocycles. The van der Waals surface area contributed by atoms with Crippen molar-refractivity contribution in [2.24, 2.45) is 4.99 Å². The molecule has 0 spiro atoms. The molecular weight excluding hydrogens is 379 g/mol. The van der Waals surface area contributed by atoms with Crippen molar-refractivity contribution in [2.75, 3.05) is 25.0 Å². The highest BCUT2D eigenvalue weighted by molar-refractivity contribution is 7.09. The summed E-state index contributed by atoms with van der Waals surface area (Å²) in [5.74, 6) is -4.66. The van der Waals surface area contributed by atoms with Crippen LogP contribution in [0.15, 0.2) is 22.5 Å². The van der Waals surface area contributed by atoms with E-state index in [1.54, 1.807) is 11.3 Å². The van der Waals surface area contributed by atoms with Gasteiger partial charge in [0.1, 0.15) is 6.54 Å². The van der Waals surface area contributed by atoms with E-state index >= 15 is 0 Å². The number of hydrogen-bond donors (Lipinski definition) is 3. The number of amides is 1. The Balaban J connectivity index is 1.89. The number of thiazole rings is 1. The van der Waals surface area contributed by atoms with Crippen molar-refractivity contribution >= 4 is 28.9 Å². The number of nitrogens with one attached hydrogen (secondary N) is 3. The molecule has 2 rings (SSSR count). The summed E-state index contributed by atoms with van der Waals surface area (Å²) in [4.78, 5) is 20.3. The van der Waals surface area contributed by atoms with Crippen LogP contribution in [0.25, 0.3) is 0 Å². The maximum atomic E-state index is 13.6. The Morgan fingerprint density at radius 2 is 2.00 bits per heavy atom. The van der Waals surface area contributed by atoms with E-state index in [-0.39, 0.29) is 6.54 Å². The Hall–Kier alpha value is -2.62. The Labute approximate surface area is 158 Å². The molecule has 27 heavy (non-hydrogen) atoms. The van der Waals surface area contributed by atoms with Gasteiger partial charge in [0.15, 0.2) is 23.4 Å². The lowest BCUT2D eigenvalue weighted by Gasteiger charge is -2.11. The van der Waals surface area contributed by atoms with Crippen molar-refractivity contribution in [2.45, 2.75) is 20.3 Å². The first-order valence-corrected chi connectivity index (χ1v) is 9.15. The van der Waals surface area contributed by atoms with Crippen LogP contribution in [0.3, 0.4) is 0 Å². The van der Waals surface area contributed by atoms with Crippen molar-refractivity contribution in [3.8, 4) is 0 Å². The van der Waals surface area contributed by atoms with Crippen LogP contribution >= 0.6 is 11.3 Å². The first-order valence-electron chi connectivity index (χ1n) is 8.27. The summed E-state index contributed by atoms with van der Waals surface area (Å²) < 4.78 is 39.7. The Kier molecular flexibility index (Phi) is 7.59. The van der Waals surface area contributed by atoms with Crippen molar-refractivity contribution in [3.05, 3.63) is 45.7 Å². The predicted molar refractivity (Wildman–Crippen MR) is 99.5 cm³/mol. The van der Waals surface area contributed by atoms with Gasteiger partial charge < -0.3 is 16.0 Å². The summed E-state index contributed by atoms with van der Waals surface area (Å²) in [6.07, 6.45) is 0.695. The van der Waals surface area contributed by atoms with Crippen LogP contribution in [0, 0.1) is 24.4 Å². The number of carbonyl (C=O) groups excluding carboxylic acids is 1. The average molecular weight is 399 g/mol. The number of benzene rings is 1. The normalized spacial score (nSPS) is 11.4. The number of aryl methyl sites for hydroxylation is 1. The van der Waals surface area contributed by atoms with Crippen LogP contribution in [0.4, 0.5) is 18.9 Å². The van der Waals surface area contributed by atoms with Crippen LogP contribution in [-0.2, 0) is 11.2 Å². The number of guanidine groups is 1. The smallest absolute Gasteiger partial charge is 0.246 e. The molecule has 0 unspecified atom stereocenters. The van der Waals surface area contributed by atoms with Crippen LogP contribution in [-0.4, -0.2) is 36.5 Å². The molecule has 0 aliphatic heterocycles. The average Bonchev–Trinajstić information content (AvgIpc) is 3.05. The monoisotopic (exact) mass is 399 g/mol. The minimum absolute atomic E-state index is 0.316. The number of aromatic nitrogens is 1. The van der Waals surface area contributed by atoms with Gasteiger partial charge in [-0.15, -0.1) is 11.3 Å². The van der Waals surface area contributed by atoms with Crippen molar-refractivity contribution in [1.29, 1.82) is 0 Å². The zero-order valence-corrected chi connectivity index (χ0v) is 15.7. The molecule has 2 aromatic rings. The standard InChI is InChI=1S/C17H20F3N5OS/c1-3-21-17(22-7-6-11-9-27-10(2)24-11)23-8-14(26)25-13-5-4-12(18)15(19)16(13)20/h4-5,9H,3,6-8H2,1-2H3,(H,25,26)(H2,21,22,23). The quantitative estimate of drug-likeness (QED) is 0.380. The lowest BCUT2D eigenvalue weighted by molar-refractivity contribution is -0.114. The lowest BCUT2D eigenvalue weighted by Crippen LogP contribution is -2.39. The zero-order chi connectivity index (χ0) is 19.8. The molecule has 3 N–H and O–H groups in total. The second-order valence-electron chi connectivity index (χ2n) is 5.50. The second-order valence-corrected chi connectivity index (χ2v) is 6.56. The SMILES string of the molecule is CCNC(=NCC(=O)Nc1ccc(F)c(F)c1F)NCCc1csc(C)n1. The van der Waals surface area contributed by atoms with Crippen LogP contribution in [0.5, 0.6) is 0 Å². The number of carbonyl (C=O) groups is 1. The van der Waals surface area contributed by atoms with Gasteiger partial charge in [-0.25, -0.2) is 23.1 Å². The summed E-state index contributed by atoms with van der Waals surface area (Å²) in [6, 6.07) is 1.69. The van der Waals surface area contributed by atoms with E-state index in [0.717, 1.165) is 22.8 Å². The van der Waals surface area contributed by atoms with E-state index < -0.39 is 29.0 Å². The minimum atomic E-state index is -1.64. The summed E-state index contributed by atoms with van der Waals surface area (Å²) in [5.41, 5.74) is 0.526. The Bertz CT molecular complexity index is 825. The number of hydrogen-bond acceptors (Lipinski definition) is 4. The van der Waals surface area contributed by atoms with Crippen molar-refractivity contribution in [3.63, 3.8) is 0 Å². The van der Waals surface area contributed by atoms with E-state index in [4.69, 9.17) is 0 Å².